The number of amides is 1. The first-order chi connectivity index (χ1) is 7.90. The van der Waals surface area contributed by atoms with Crippen LogP contribution in [-0.2, 0) is 14.3 Å². The summed E-state index contributed by atoms with van der Waals surface area (Å²) in [5.41, 5.74) is 1.68. The Morgan fingerprint density at radius 3 is 2.29 bits per heavy atom. The summed E-state index contributed by atoms with van der Waals surface area (Å²) in [6.07, 6.45) is 0. The summed E-state index contributed by atoms with van der Waals surface area (Å²) in [5, 5.41) is 2.65. The van der Waals surface area contributed by atoms with Gasteiger partial charge in [-0.25, -0.2) is 0 Å². The van der Waals surface area contributed by atoms with Gasteiger partial charge in [0.25, 0.3) is 5.91 Å². The van der Waals surface area contributed by atoms with Gasteiger partial charge in [0.1, 0.15) is 0 Å². The van der Waals surface area contributed by atoms with Crippen molar-refractivity contribution in [3.63, 3.8) is 0 Å². The molecule has 1 aromatic carbocycles. The minimum absolute atomic E-state index is 0.290. The first-order valence-electron chi connectivity index (χ1n) is 4.79. The van der Waals surface area contributed by atoms with Crippen LogP contribution in [0.5, 0.6) is 0 Å². The fourth-order valence-electron chi connectivity index (χ4n) is 1.16. The third-order valence-corrected chi connectivity index (χ3v) is 3.11. The summed E-state index contributed by atoms with van der Waals surface area (Å²) in [4.78, 5) is 22.0. The fourth-order valence-corrected chi connectivity index (χ4v) is 2.78. The quantitative estimate of drug-likeness (QED) is 0.838. The molecule has 0 spiro atoms. The lowest BCUT2D eigenvalue weighted by Gasteiger charge is -2.10. The predicted octanol–water partition coefficient (Wildman–Crippen LogP) is 3.02. The van der Waals surface area contributed by atoms with Crippen LogP contribution in [0.25, 0.3) is 0 Å². The highest BCUT2D eigenvalue weighted by atomic mass is 79.9. The van der Waals surface area contributed by atoms with Crippen molar-refractivity contribution in [3.8, 4) is 0 Å². The molecular formula is C11H11Br2NO3. The van der Waals surface area contributed by atoms with Gasteiger partial charge in [-0.05, 0) is 56.5 Å². The van der Waals surface area contributed by atoms with Crippen molar-refractivity contribution in [1.29, 1.82) is 0 Å². The Labute approximate surface area is 116 Å². The van der Waals surface area contributed by atoms with Crippen molar-refractivity contribution < 1.29 is 14.3 Å². The van der Waals surface area contributed by atoms with E-state index >= 15 is 0 Å². The van der Waals surface area contributed by atoms with Gasteiger partial charge in [0.15, 0.2) is 6.61 Å². The Morgan fingerprint density at radius 1 is 1.29 bits per heavy atom. The maximum Gasteiger partial charge on any atom is 0.303 e. The van der Waals surface area contributed by atoms with Crippen LogP contribution < -0.4 is 5.32 Å². The molecule has 0 aliphatic carbocycles. The standard InChI is InChI=1S/C11H11Br2NO3/c1-6-3-8(12)11(9(13)4-6)14-10(16)5-17-7(2)15/h3-4H,5H2,1-2H3,(H,14,16). The van der Waals surface area contributed by atoms with E-state index in [2.05, 4.69) is 41.9 Å². The number of carbonyl (C=O) groups is 2. The third kappa shape index (κ3) is 4.47. The molecule has 0 heterocycles. The summed E-state index contributed by atoms with van der Waals surface area (Å²) < 4.78 is 6.13. The summed E-state index contributed by atoms with van der Waals surface area (Å²) in [7, 11) is 0. The highest BCUT2D eigenvalue weighted by Crippen LogP contribution is 2.32. The van der Waals surface area contributed by atoms with Gasteiger partial charge in [-0.1, -0.05) is 0 Å². The molecule has 0 saturated carbocycles. The number of ether oxygens (including phenoxy) is 1. The Kier molecular flexibility index (Phi) is 5.14. The number of esters is 1. The molecular weight excluding hydrogens is 354 g/mol. The Morgan fingerprint density at radius 2 is 1.82 bits per heavy atom. The number of halogens is 2. The number of carbonyl (C=O) groups excluding carboxylic acids is 2. The van der Waals surface area contributed by atoms with E-state index in [4.69, 9.17) is 0 Å². The fraction of sp³-hybridized carbons (Fsp3) is 0.273. The minimum atomic E-state index is -0.484. The number of hydrogen-bond donors (Lipinski definition) is 1. The monoisotopic (exact) mass is 363 g/mol. The van der Waals surface area contributed by atoms with E-state index in [0.29, 0.717) is 5.69 Å². The molecule has 0 bridgehead atoms. The van der Waals surface area contributed by atoms with E-state index in [-0.39, 0.29) is 12.5 Å². The SMILES string of the molecule is CC(=O)OCC(=O)Nc1c(Br)cc(C)cc1Br. The van der Waals surface area contributed by atoms with Gasteiger partial charge in [-0.2, -0.15) is 0 Å². The van der Waals surface area contributed by atoms with Gasteiger partial charge >= 0.3 is 5.97 Å². The van der Waals surface area contributed by atoms with E-state index in [9.17, 15) is 9.59 Å². The lowest BCUT2D eigenvalue weighted by Crippen LogP contribution is -2.20. The molecule has 1 amide bonds. The topological polar surface area (TPSA) is 55.4 Å². The zero-order valence-electron chi connectivity index (χ0n) is 9.34. The summed E-state index contributed by atoms with van der Waals surface area (Å²) >= 11 is 6.71. The van der Waals surface area contributed by atoms with Crippen LogP contribution in [0, 0.1) is 6.92 Å². The van der Waals surface area contributed by atoms with Crippen molar-refractivity contribution in [3.05, 3.63) is 26.6 Å². The summed E-state index contributed by atoms with van der Waals surface area (Å²) in [5.74, 6) is -0.868. The second-order valence-electron chi connectivity index (χ2n) is 3.43. The van der Waals surface area contributed by atoms with Gasteiger partial charge in [0.2, 0.25) is 0 Å². The van der Waals surface area contributed by atoms with Crippen LogP contribution >= 0.6 is 31.9 Å². The molecule has 1 aromatic rings. The summed E-state index contributed by atoms with van der Waals surface area (Å²) in [6.45, 7) is 2.91. The van der Waals surface area contributed by atoms with Gasteiger partial charge in [-0.15, -0.1) is 0 Å². The van der Waals surface area contributed by atoms with Crippen LogP contribution in [0.15, 0.2) is 21.1 Å². The second kappa shape index (κ2) is 6.16. The van der Waals surface area contributed by atoms with Crippen LogP contribution in [0.3, 0.4) is 0 Å². The van der Waals surface area contributed by atoms with Crippen molar-refractivity contribution in [2.45, 2.75) is 13.8 Å². The average Bonchev–Trinajstić information content (AvgIpc) is 2.20. The molecule has 0 fully saturated rings. The van der Waals surface area contributed by atoms with E-state index in [0.717, 1.165) is 14.5 Å². The van der Waals surface area contributed by atoms with Crippen LogP contribution in [0.2, 0.25) is 0 Å². The number of rotatable bonds is 3. The van der Waals surface area contributed by atoms with E-state index in [1.807, 2.05) is 19.1 Å². The molecule has 6 heteroatoms. The normalized spacial score (nSPS) is 9.88. The molecule has 4 nitrogen and oxygen atoms in total. The maximum atomic E-state index is 11.5. The van der Waals surface area contributed by atoms with Crippen molar-refractivity contribution in [2.24, 2.45) is 0 Å². The number of anilines is 1. The predicted molar refractivity (Wildman–Crippen MR) is 71.8 cm³/mol. The third-order valence-electron chi connectivity index (χ3n) is 1.86. The van der Waals surface area contributed by atoms with Crippen molar-refractivity contribution in [1.82, 2.24) is 0 Å². The lowest BCUT2D eigenvalue weighted by molar-refractivity contribution is -0.144. The highest BCUT2D eigenvalue weighted by molar-refractivity contribution is 9.11. The molecule has 1 rings (SSSR count). The molecule has 0 saturated heterocycles. The number of nitrogens with one attached hydrogen (secondary N) is 1. The molecule has 0 atom stereocenters. The Balaban J connectivity index is 2.75. The highest BCUT2D eigenvalue weighted by Gasteiger charge is 2.10. The zero-order valence-corrected chi connectivity index (χ0v) is 12.5. The smallest absolute Gasteiger partial charge is 0.303 e. The molecule has 0 unspecified atom stereocenters. The second-order valence-corrected chi connectivity index (χ2v) is 5.14. The largest absolute Gasteiger partial charge is 0.456 e. The van der Waals surface area contributed by atoms with Crippen molar-refractivity contribution >= 4 is 49.4 Å². The van der Waals surface area contributed by atoms with E-state index in [1.54, 1.807) is 0 Å². The van der Waals surface area contributed by atoms with E-state index in [1.165, 1.54) is 6.92 Å². The van der Waals surface area contributed by atoms with Gasteiger partial charge in [0.05, 0.1) is 5.69 Å². The van der Waals surface area contributed by atoms with Gasteiger partial charge in [0, 0.05) is 15.9 Å². The molecule has 92 valence electrons. The van der Waals surface area contributed by atoms with Gasteiger partial charge in [-0.3, -0.25) is 9.59 Å². The van der Waals surface area contributed by atoms with Crippen LogP contribution in [0.4, 0.5) is 5.69 Å². The molecule has 0 aromatic heterocycles. The van der Waals surface area contributed by atoms with Crippen molar-refractivity contribution in [2.75, 3.05) is 11.9 Å². The van der Waals surface area contributed by atoms with E-state index < -0.39 is 5.97 Å². The number of hydrogen-bond acceptors (Lipinski definition) is 3. The first kappa shape index (κ1) is 14.2. The first-order valence-corrected chi connectivity index (χ1v) is 6.37. The molecule has 17 heavy (non-hydrogen) atoms. The molecule has 0 radical (unpaired) electrons. The molecule has 0 aliphatic rings. The molecule has 0 aliphatic heterocycles. The van der Waals surface area contributed by atoms with Crippen LogP contribution in [-0.4, -0.2) is 18.5 Å². The zero-order chi connectivity index (χ0) is 13.0. The Hall–Kier alpha value is -0.880. The Bertz CT molecular complexity index is 437. The van der Waals surface area contributed by atoms with Crippen LogP contribution in [0.1, 0.15) is 12.5 Å². The summed E-state index contributed by atoms with van der Waals surface area (Å²) in [6, 6.07) is 3.76. The average molecular weight is 365 g/mol. The van der Waals surface area contributed by atoms with Gasteiger partial charge < -0.3 is 10.1 Å². The minimum Gasteiger partial charge on any atom is -0.456 e. The lowest BCUT2D eigenvalue weighted by atomic mass is 10.2. The molecule has 1 N–H and O–H groups in total. The number of aryl methyl sites for hydroxylation is 1. The number of benzene rings is 1. The maximum absolute atomic E-state index is 11.5.